The zero-order valence-corrected chi connectivity index (χ0v) is 13.0. The molecule has 0 heterocycles. The van der Waals surface area contributed by atoms with Crippen LogP contribution >= 0.6 is 15.9 Å². The SMILES string of the molecule is N#CC1(C(O)c2ccc(Br)c(F)c2)CCCCCCC1. The van der Waals surface area contributed by atoms with Gasteiger partial charge < -0.3 is 5.11 Å². The fraction of sp³-hybridized carbons (Fsp3) is 0.562. The summed E-state index contributed by atoms with van der Waals surface area (Å²) < 4.78 is 14.0. The molecule has 108 valence electrons. The van der Waals surface area contributed by atoms with Crippen molar-refractivity contribution in [2.24, 2.45) is 5.41 Å². The average Bonchev–Trinajstić information content (AvgIpc) is 2.42. The Morgan fingerprint density at radius 1 is 1.20 bits per heavy atom. The molecule has 1 saturated carbocycles. The molecule has 0 radical (unpaired) electrons. The van der Waals surface area contributed by atoms with Gasteiger partial charge in [0.25, 0.3) is 0 Å². The Bertz CT molecular complexity index is 504. The van der Waals surface area contributed by atoms with E-state index in [1.165, 1.54) is 12.5 Å². The Balaban J connectivity index is 2.28. The first-order chi connectivity index (χ1) is 9.59. The Hall–Kier alpha value is -0.920. The highest BCUT2D eigenvalue weighted by molar-refractivity contribution is 9.10. The molecule has 1 fully saturated rings. The molecule has 0 spiro atoms. The van der Waals surface area contributed by atoms with Crippen molar-refractivity contribution in [2.45, 2.75) is 51.0 Å². The molecule has 4 heteroatoms. The predicted octanol–water partition coefficient (Wildman–Crippen LogP) is 4.88. The molecular formula is C16H19BrFNO. The number of nitriles is 1. The normalized spacial score (nSPS) is 20.5. The van der Waals surface area contributed by atoms with Crippen molar-refractivity contribution in [2.75, 3.05) is 0 Å². The van der Waals surface area contributed by atoms with Gasteiger partial charge >= 0.3 is 0 Å². The lowest BCUT2D eigenvalue weighted by atomic mass is 9.71. The first-order valence-corrected chi connectivity index (χ1v) is 7.93. The minimum atomic E-state index is -0.923. The van der Waals surface area contributed by atoms with Gasteiger partial charge in [0.1, 0.15) is 5.82 Å². The molecule has 1 aromatic rings. The van der Waals surface area contributed by atoms with Gasteiger partial charge in [0, 0.05) is 0 Å². The summed E-state index contributed by atoms with van der Waals surface area (Å²) in [5.41, 5.74) is -0.284. The van der Waals surface area contributed by atoms with Gasteiger partial charge in [-0.15, -0.1) is 0 Å². The van der Waals surface area contributed by atoms with E-state index in [-0.39, 0.29) is 0 Å². The largest absolute Gasteiger partial charge is 0.387 e. The lowest BCUT2D eigenvalue weighted by Crippen LogP contribution is -2.28. The summed E-state index contributed by atoms with van der Waals surface area (Å²) >= 11 is 3.11. The number of benzene rings is 1. The van der Waals surface area contributed by atoms with Gasteiger partial charge in [-0.3, -0.25) is 0 Å². The molecule has 2 nitrogen and oxygen atoms in total. The summed E-state index contributed by atoms with van der Waals surface area (Å²) in [4.78, 5) is 0. The maximum atomic E-state index is 13.6. The Kier molecular flexibility index (Phi) is 5.17. The average molecular weight is 340 g/mol. The molecule has 1 aliphatic carbocycles. The summed E-state index contributed by atoms with van der Waals surface area (Å²) in [6.45, 7) is 0. The Morgan fingerprint density at radius 2 is 1.80 bits per heavy atom. The number of rotatable bonds is 2. The quantitative estimate of drug-likeness (QED) is 0.834. The molecule has 20 heavy (non-hydrogen) atoms. The molecule has 2 rings (SSSR count). The molecule has 1 aliphatic rings. The van der Waals surface area contributed by atoms with Crippen LogP contribution in [0.25, 0.3) is 0 Å². The third-order valence-electron chi connectivity index (χ3n) is 4.25. The van der Waals surface area contributed by atoms with Gasteiger partial charge in [0.05, 0.1) is 22.1 Å². The van der Waals surface area contributed by atoms with E-state index in [9.17, 15) is 14.8 Å². The van der Waals surface area contributed by atoms with Crippen LogP contribution in [0.15, 0.2) is 22.7 Å². The summed E-state index contributed by atoms with van der Waals surface area (Å²) in [6, 6.07) is 6.93. The molecule has 1 unspecified atom stereocenters. The minimum Gasteiger partial charge on any atom is -0.387 e. The van der Waals surface area contributed by atoms with Gasteiger partial charge in [0.2, 0.25) is 0 Å². The van der Waals surface area contributed by atoms with E-state index < -0.39 is 17.3 Å². The van der Waals surface area contributed by atoms with E-state index in [1.807, 2.05) is 0 Å². The third kappa shape index (κ3) is 3.21. The fourth-order valence-corrected chi connectivity index (χ4v) is 3.23. The minimum absolute atomic E-state index is 0.372. The highest BCUT2D eigenvalue weighted by Crippen LogP contribution is 2.44. The lowest BCUT2D eigenvalue weighted by Gasteiger charge is -2.33. The number of aliphatic hydroxyl groups is 1. The van der Waals surface area contributed by atoms with Gasteiger partial charge in [-0.1, -0.05) is 38.2 Å². The summed E-state index contributed by atoms with van der Waals surface area (Å²) in [6.07, 6.45) is 5.74. The first kappa shape index (κ1) is 15.5. The van der Waals surface area contributed by atoms with E-state index in [4.69, 9.17) is 0 Å². The van der Waals surface area contributed by atoms with E-state index in [0.717, 1.165) is 25.7 Å². The van der Waals surface area contributed by atoms with E-state index in [1.54, 1.807) is 12.1 Å². The second kappa shape index (κ2) is 6.69. The predicted molar refractivity (Wildman–Crippen MR) is 79.4 cm³/mol. The highest BCUT2D eigenvalue weighted by Gasteiger charge is 2.39. The van der Waals surface area contributed by atoms with Crippen LogP contribution in [0.4, 0.5) is 4.39 Å². The van der Waals surface area contributed by atoms with Crippen molar-refractivity contribution in [3.05, 3.63) is 34.1 Å². The monoisotopic (exact) mass is 339 g/mol. The third-order valence-corrected chi connectivity index (χ3v) is 4.89. The van der Waals surface area contributed by atoms with Crippen molar-refractivity contribution in [1.82, 2.24) is 0 Å². The van der Waals surface area contributed by atoms with Gasteiger partial charge in [0.15, 0.2) is 0 Å². The second-order valence-corrected chi connectivity index (χ2v) is 6.47. The number of hydrogen-bond donors (Lipinski definition) is 1. The second-order valence-electron chi connectivity index (χ2n) is 5.61. The smallest absolute Gasteiger partial charge is 0.137 e. The molecule has 0 aromatic heterocycles. The zero-order valence-electron chi connectivity index (χ0n) is 11.4. The van der Waals surface area contributed by atoms with E-state index >= 15 is 0 Å². The summed E-state index contributed by atoms with van der Waals surface area (Å²) in [7, 11) is 0. The van der Waals surface area contributed by atoms with Crippen LogP contribution in [0.2, 0.25) is 0 Å². The van der Waals surface area contributed by atoms with Crippen LogP contribution in [-0.4, -0.2) is 5.11 Å². The fourth-order valence-electron chi connectivity index (χ4n) is 2.98. The maximum absolute atomic E-state index is 13.6. The van der Waals surface area contributed by atoms with E-state index in [2.05, 4.69) is 22.0 Å². The van der Waals surface area contributed by atoms with Crippen LogP contribution in [0.3, 0.4) is 0 Å². The molecule has 0 aliphatic heterocycles. The Morgan fingerprint density at radius 3 is 2.35 bits per heavy atom. The van der Waals surface area contributed by atoms with Gasteiger partial charge in [-0.2, -0.15) is 5.26 Å². The summed E-state index contributed by atoms with van der Waals surface area (Å²) in [5, 5.41) is 20.2. The van der Waals surface area contributed by atoms with Crippen LogP contribution in [0.5, 0.6) is 0 Å². The maximum Gasteiger partial charge on any atom is 0.137 e. The van der Waals surface area contributed by atoms with Crippen LogP contribution < -0.4 is 0 Å². The van der Waals surface area contributed by atoms with Crippen molar-refractivity contribution in [3.63, 3.8) is 0 Å². The molecule has 1 N–H and O–H groups in total. The molecule has 1 aromatic carbocycles. The van der Waals surface area contributed by atoms with E-state index in [0.29, 0.717) is 22.9 Å². The number of hydrogen-bond acceptors (Lipinski definition) is 2. The standard InChI is InChI=1S/C16H19BrFNO/c17-13-7-6-12(10-14(13)18)15(20)16(11-19)8-4-2-1-3-5-9-16/h6-7,10,15,20H,1-5,8-9H2. The first-order valence-electron chi connectivity index (χ1n) is 7.13. The Labute approximate surface area is 127 Å². The molecule has 0 amide bonds. The topological polar surface area (TPSA) is 44.0 Å². The summed E-state index contributed by atoms with van der Waals surface area (Å²) in [5.74, 6) is -0.402. The van der Waals surface area contributed by atoms with Crippen molar-refractivity contribution < 1.29 is 9.50 Å². The molecule has 0 saturated heterocycles. The van der Waals surface area contributed by atoms with Crippen LogP contribution in [0, 0.1) is 22.6 Å². The van der Waals surface area contributed by atoms with Gasteiger partial charge in [-0.25, -0.2) is 4.39 Å². The van der Waals surface area contributed by atoms with Crippen LogP contribution in [-0.2, 0) is 0 Å². The number of nitrogens with zero attached hydrogens (tertiary/aromatic N) is 1. The van der Waals surface area contributed by atoms with Crippen LogP contribution in [0.1, 0.15) is 56.6 Å². The zero-order chi connectivity index (χ0) is 14.6. The number of halogens is 2. The highest BCUT2D eigenvalue weighted by atomic mass is 79.9. The molecule has 1 atom stereocenters. The van der Waals surface area contributed by atoms with Crippen molar-refractivity contribution in [1.29, 1.82) is 5.26 Å². The van der Waals surface area contributed by atoms with Gasteiger partial charge in [-0.05, 0) is 46.5 Å². The molecule has 0 bridgehead atoms. The van der Waals surface area contributed by atoms with Crippen molar-refractivity contribution >= 4 is 15.9 Å². The molecular weight excluding hydrogens is 321 g/mol. The lowest BCUT2D eigenvalue weighted by molar-refractivity contribution is 0.0432. The van der Waals surface area contributed by atoms with Crippen molar-refractivity contribution in [3.8, 4) is 6.07 Å². The number of aliphatic hydroxyl groups excluding tert-OH is 1.